The van der Waals surface area contributed by atoms with E-state index in [4.69, 9.17) is 17.0 Å². The molecule has 5 heteroatoms. The van der Waals surface area contributed by atoms with E-state index in [2.05, 4.69) is 21.7 Å². The fraction of sp³-hybridized carbons (Fsp3) is 0.800. The molecule has 2 rings (SSSR count). The monoisotopic (exact) mass is 227 g/mol. The van der Waals surface area contributed by atoms with Gasteiger partial charge in [0, 0.05) is 19.1 Å². The highest BCUT2D eigenvalue weighted by Crippen LogP contribution is 2.35. The Balaban J connectivity index is 1.92. The summed E-state index contributed by atoms with van der Waals surface area (Å²) in [6.45, 7) is 3.68. The first kappa shape index (κ1) is 10.8. The van der Waals surface area contributed by atoms with Crippen LogP contribution in [0, 0.1) is 4.77 Å². The van der Waals surface area contributed by atoms with Gasteiger partial charge in [0.2, 0.25) is 0 Å². The number of hydrogen-bond acceptors (Lipinski definition) is 3. The SMILES string of the molecule is CCCOCCc1n[nH]c(=S)n1C1CC1. The van der Waals surface area contributed by atoms with Gasteiger partial charge in [-0.3, -0.25) is 5.10 Å². The fourth-order valence-corrected chi connectivity index (χ4v) is 1.93. The van der Waals surface area contributed by atoms with Crippen molar-refractivity contribution in [1.82, 2.24) is 14.8 Å². The first-order chi connectivity index (χ1) is 7.33. The number of aromatic nitrogens is 3. The molecule has 4 nitrogen and oxygen atoms in total. The Labute approximate surface area is 94.6 Å². The molecule has 1 aromatic rings. The van der Waals surface area contributed by atoms with Gasteiger partial charge in [-0.2, -0.15) is 5.10 Å². The summed E-state index contributed by atoms with van der Waals surface area (Å²) in [6.07, 6.45) is 4.38. The summed E-state index contributed by atoms with van der Waals surface area (Å²) < 4.78 is 8.35. The van der Waals surface area contributed by atoms with Gasteiger partial charge in [-0.1, -0.05) is 6.92 Å². The third-order valence-corrected chi connectivity index (χ3v) is 2.80. The van der Waals surface area contributed by atoms with Gasteiger partial charge in [0.15, 0.2) is 4.77 Å². The molecular formula is C10H17N3OS. The number of hydrogen-bond donors (Lipinski definition) is 1. The van der Waals surface area contributed by atoms with E-state index < -0.39 is 0 Å². The topological polar surface area (TPSA) is 42.8 Å². The van der Waals surface area contributed by atoms with Crippen molar-refractivity contribution < 1.29 is 4.74 Å². The van der Waals surface area contributed by atoms with Crippen LogP contribution in [0.1, 0.15) is 38.1 Å². The molecule has 0 aliphatic heterocycles. The molecular weight excluding hydrogens is 210 g/mol. The molecule has 1 N–H and O–H groups in total. The van der Waals surface area contributed by atoms with Crippen molar-refractivity contribution in [2.75, 3.05) is 13.2 Å². The average molecular weight is 227 g/mol. The summed E-state index contributed by atoms with van der Waals surface area (Å²) >= 11 is 5.19. The van der Waals surface area contributed by atoms with Gasteiger partial charge in [-0.15, -0.1) is 0 Å². The smallest absolute Gasteiger partial charge is 0.195 e. The highest BCUT2D eigenvalue weighted by molar-refractivity contribution is 7.71. The van der Waals surface area contributed by atoms with Crippen molar-refractivity contribution in [3.8, 4) is 0 Å². The molecule has 1 fully saturated rings. The number of nitrogens with zero attached hydrogens (tertiary/aromatic N) is 2. The number of rotatable bonds is 6. The standard InChI is InChI=1S/C10H17N3OS/c1-2-6-14-7-5-9-11-12-10(15)13(9)8-3-4-8/h8H,2-7H2,1H3,(H,12,15). The van der Waals surface area contributed by atoms with Crippen LogP contribution in [0.25, 0.3) is 0 Å². The summed E-state index contributed by atoms with van der Waals surface area (Å²) in [5, 5.41) is 7.10. The maximum absolute atomic E-state index is 5.45. The number of aromatic amines is 1. The molecule has 15 heavy (non-hydrogen) atoms. The molecule has 1 saturated carbocycles. The van der Waals surface area contributed by atoms with Crippen LogP contribution in [0.3, 0.4) is 0 Å². The Morgan fingerprint density at radius 3 is 3.00 bits per heavy atom. The first-order valence-electron chi connectivity index (χ1n) is 5.56. The van der Waals surface area contributed by atoms with Crippen molar-refractivity contribution >= 4 is 12.2 Å². The molecule has 0 atom stereocenters. The third-order valence-electron chi connectivity index (χ3n) is 2.51. The van der Waals surface area contributed by atoms with E-state index in [1.54, 1.807) is 0 Å². The van der Waals surface area contributed by atoms with Gasteiger partial charge >= 0.3 is 0 Å². The number of H-pyrrole nitrogens is 1. The summed E-state index contributed by atoms with van der Waals surface area (Å²) in [5.41, 5.74) is 0. The quantitative estimate of drug-likeness (QED) is 0.598. The predicted molar refractivity (Wildman–Crippen MR) is 60.5 cm³/mol. The molecule has 0 saturated heterocycles. The molecule has 0 radical (unpaired) electrons. The van der Waals surface area contributed by atoms with Crippen LogP contribution >= 0.6 is 12.2 Å². The Hall–Kier alpha value is -0.680. The second kappa shape index (κ2) is 4.90. The molecule has 84 valence electrons. The second-order valence-electron chi connectivity index (χ2n) is 3.91. The molecule has 0 amide bonds. The number of ether oxygens (including phenoxy) is 1. The second-order valence-corrected chi connectivity index (χ2v) is 4.30. The van der Waals surface area contributed by atoms with Gasteiger partial charge in [-0.05, 0) is 31.5 Å². The van der Waals surface area contributed by atoms with Crippen molar-refractivity contribution in [3.63, 3.8) is 0 Å². The highest BCUT2D eigenvalue weighted by Gasteiger charge is 2.26. The van der Waals surface area contributed by atoms with Crippen LogP contribution in [-0.4, -0.2) is 28.0 Å². The lowest BCUT2D eigenvalue weighted by atomic mass is 10.4. The first-order valence-corrected chi connectivity index (χ1v) is 5.97. The van der Waals surface area contributed by atoms with Crippen molar-refractivity contribution in [2.24, 2.45) is 0 Å². The zero-order valence-corrected chi connectivity index (χ0v) is 9.85. The minimum absolute atomic E-state index is 0.595. The van der Waals surface area contributed by atoms with E-state index in [0.29, 0.717) is 6.04 Å². The maximum atomic E-state index is 5.45. The van der Waals surface area contributed by atoms with Crippen LogP contribution in [-0.2, 0) is 11.2 Å². The summed E-state index contributed by atoms with van der Waals surface area (Å²) in [5.74, 6) is 1.04. The van der Waals surface area contributed by atoms with Gasteiger partial charge in [0.1, 0.15) is 5.82 Å². The van der Waals surface area contributed by atoms with E-state index in [9.17, 15) is 0 Å². The van der Waals surface area contributed by atoms with E-state index >= 15 is 0 Å². The summed E-state index contributed by atoms with van der Waals surface area (Å²) in [6, 6.07) is 0.595. The lowest BCUT2D eigenvalue weighted by molar-refractivity contribution is 0.136. The number of nitrogens with one attached hydrogen (secondary N) is 1. The normalized spacial score (nSPS) is 15.8. The minimum Gasteiger partial charge on any atom is -0.381 e. The summed E-state index contributed by atoms with van der Waals surface area (Å²) in [7, 11) is 0. The largest absolute Gasteiger partial charge is 0.381 e. The van der Waals surface area contributed by atoms with Gasteiger partial charge in [0.05, 0.1) is 6.61 Å². The minimum atomic E-state index is 0.595. The van der Waals surface area contributed by atoms with Gasteiger partial charge < -0.3 is 9.30 Å². The predicted octanol–water partition coefficient (Wildman–Crippen LogP) is 2.24. The van der Waals surface area contributed by atoms with Gasteiger partial charge in [-0.25, -0.2) is 0 Å². The Morgan fingerprint density at radius 1 is 1.53 bits per heavy atom. The molecule has 1 aliphatic rings. The highest BCUT2D eigenvalue weighted by atomic mass is 32.1. The van der Waals surface area contributed by atoms with Crippen LogP contribution < -0.4 is 0 Å². The van der Waals surface area contributed by atoms with Gasteiger partial charge in [0.25, 0.3) is 0 Å². The van der Waals surface area contributed by atoms with Crippen LogP contribution in [0.4, 0.5) is 0 Å². The molecule has 1 heterocycles. The van der Waals surface area contributed by atoms with Crippen LogP contribution in [0.2, 0.25) is 0 Å². The van der Waals surface area contributed by atoms with Crippen molar-refractivity contribution in [2.45, 2.75) is 38.6 Å². The third kappa shape index (κ3) is 2.66. The Morgan fingerprint density at radius 2 is 2.33 bits per heavy atom. The molecule has 1 aromatic heterocycles. The van der Waals surface area contributed by atoms with E-state index in [1.807, 2.05) is 0 Å². The molecule has 1 aliphatic carbocycles. The maximum Gasteiger partial charge on any atom is 0.195 e. The molecule has 0 unspecified atom stereocenters. The lowest BCUT2D eigenvalue weighted by Crippen LogP contribution is -2.06. The van der Waals surface area contributed by atoms with E-state index in [1.165, 1.54) is 12.8 Å². The lowest BCUT2D eigenvalue weighted by Gasteiger charge is -2.04. The average Bonchev–Trinajstić information content (AvgIpc) is 2.99. The van der Waals surface area contributed by atoms with Crippen molar-refractivity contribution in [1.29, 1.82) is 0 Å². The van der Waals surface area contributed by atoms with Crippen LogP contribution in [0.15, 0.2) is 0 Å². The molecule has 0 spiro atoms. The zero-order valence-electron chi connectivity index (χ0n) is 9.03. The Bertz CT molecular complexity index is 367. The molecule has 0 bridgehead atoms. The van der Waals surface area contributed by atoms with E-state index in [0.717, 1.165) is 36.7 Å². The zero-order chi connectivity index (χ0) is 10.7. The van der Waals surface area contributed by atoms with E-state index in [-0.39, 0.29) is 0 Å². The fourth-order valence-electron chi connectivity index (χ4n) is 1.63. The summed E-state index contributed by atoms with van der Waals surface area (Å²) in [4.78, 5) is 0. The Kier molecular flexibility index (Phi) is 3.53. The molecule has 0 aromatic carbocycles. The van der Waals surface area contributed by atoms with Crippen LogP contribution in [0.5, 0.6) is 0 Å². The van der Waals surface area contributed by atoms with Crippen molar-refractivity contribution in [3.05, 3.63) is 10.6 Å².